The molecule has 2 aromatic carbocycles. The van der Waals surface area contributed by atoms with Gasteiger partial charge in [0.2, 0.25) is 5.91 Å². The Hall–Kier alpha value is -2.13. The van der Waals surface area contributed by atoms with Crippen LogP contribution in [0.5, 0.6) is 0 Å². The minimum absolute atomic E-state index is 0.0776. The van der Waals surface area contributed by atoms with Crippen LogP contribution < -0.4 is 5.32 Å². The molecule has 1 aliphatic rings. The molecule has 1 N–H and O–H groups in total. The van der Waals surface area contributed by atoms with Crippen LogP contribution in [0, 0.1) is 26.7 Å². The maximum absolute atomic E-state index is 12.7. The molecule has 1 atom stereocenters. The number of amides is 1. The number of carbonyl (C=O) groups excluding carboxylic acids is 1. The van der Waals surface area contributed by atoms with Crippen LogP contribution in [0.25, 0.3) is 0 Å². The van der Waals surface area contributed by atoms with Crippen molar-refractivity contribution in [3.8, 4) is 0 Å². The van der Waals surface area contributed by atoms with Crippen LogP contribution in [0.15, 0.2) is 42.5 Å². The van der Waals surface area contributed by atoms with E-state index < -0.39 is 0 Å². The summed E-state index contributed by atoms with van der Waals surface area (Å²) in [5.74, 6) is 0.231. The Kier molecular flexibility index (Phi) is 5.00. The van der Waals surface area contributed by atoms with Crippen molar-refractivity contribution in [2.75, 3.05) is 18.4 Å². The highest BCUT2D eigenvalue weighted by molar-refractivity contribution is 5.94. The molecule has 3 rings (SSSR count). The number of aryl methyl sites for hydroxylation is 3. The topological polar surface area (TPSA) is 32.3 Å². The first-order chi connectivity index (χ1) is 11.5. The zero-order chi connectivity index (χ0) is 17.1. The molecule has 1 aliphatic heterocycles. The largest absolute Gasteiger partial charge is 0.325 e. The Bertz CT molecular complexity index is 701. The predicted octanol–water partition coefficient (Wildman–Crippen LogP) is 4.07. The van der Waals surface area contributed by atoms with Crippen LogP contribution in [0.4, 0.5) is 5.69 Å². The van der Waals surface area contributed by atoms with Gasteiger partial charge in [0.15, 0.2) is 0 Å². The molecule has 1 fully saturated rings. The number of benzene rings is 2. The molecule has 0 radical (unpaired) electrons. The van der Waals surface area contributed by atoms with Crippen LogP contribution in [0.2, 0.25) is 0 Å². The van der Waals surface area contributed by atoms with E-state index in [9.17, 15) is 4.79 Å². The van der Waals surface area contributed by atoms with E-state index in [1.807, 2.05) is 6.07 Å². The second-order valence-electron chi connectivity index (χ2n) is 6.97. The molecule has 0 spiro atoms. The second-order valence-corrected chi connectivity index (χ2v) is 6.97. The molecule has 0 aromatic heterocycles. The average Bonchev–Trinajstić information content (AvgIpc) is 3.00. The summed E-state index contributed by atoms with van der Waals surface area (Å²) in [4.78, 5) is 15.0. The highest BCUT2D eigenvalue weighted by Crippen LogP contribution is 2.25. The first-order valence-corrected chi connectivity index (χ1v) is 8.68. The smallest absolute Gasteiger partial charge is 0.228 e. The van der Waals surface area contributed by atoms with Gasteiger partial charge in [-0.15, -0.1) is 0 Å². The summed E-state index contributed by atoms with van der Waals surface area (Å²) >= 11 is 0. The normalized spacial score (nSPS) is 17.9. The van der Waals surface area contributed by atoms with Gasteiger partial charge in [0.05, 0.1) is 5.92 Å². The van der Waals surface area contributed by atoms with Gasteiger partial charge in [-0.2, -0.15) is 0 Å². The van der Waals surface area contributed by atoms with Crippen molar-refractivity contribution >= 4 is 11.6 Å². The van der Waals surface area contributed by atoms with Gasteiger partial charge < -0.3 is 5.32 Å². The van der Waals surface area contributed by atoms with Crippen LogP contribution in [0.3, 0.4) is 0 Å². The summed E-state index contributed by atoms with van der Waals surface area (Å²) in [6.07, 6.45) is 0.933. The molecule has 1 unspecified atom stereocenters. The van der Waals surface area contributed by atoms with Gasteiger partial charge in [-0.1, -0.05) is 48.0 Å². The Labute approximate surface area is 144 Å². The van der Waals surface area contributed by atoms with Crippen molar-refractivity contribution in [2.45, 2.75) is 33.7 Å². The summed E-state index contributed by atoms with van der Waals surface area (Å²) in [6.45, 7) is 8.96. The molecule has 3 heteroatoms. The summed E-state index contributed by atoms with van der Waals surface area (Å²) in [7, 11) is 0. The third-order valence-corrected chi connectivity index (χ3v) is 4.82. The number of hydrogen-bond acceptors (Lipinski definition) is 2. The maximum atomic E-state index is 12.7. The monoisotopic (exact) mass is 322 g/mol. The van der Waals surface area contributed by atoms with Crippen molar-refractivity contribution in [1.82, 2.24) is 4.90 Å². The maximum Gasteiger partial charge on any atom is 0.228 e. The average molecular weight is 322 g/mol. The summed E-state index contributed by atoms with van der Waals surface area (Å²) < 4.78 is 0. The van der Waals surface area contributed by atoms with E-state index >= 15 is 0 Å². The minimum atomic E-state index is 0.0776. The Morgan fingerprint density at radius 1 is 1.12 bits per heavy atom. The lowest BCUT2D eigenvalue weighted by Crippen LogP contribution is -2.27. The summed E-state index contributed by atoms with van der Waals surface area (Å²) in [5, 5.41) is 3.17. The van der Waals surface area contributed by atoms with E-state index in [1.54, 1.807) is 0 Å². The molecule has 24 heavy (non-hydrogen) atoms. The van der Waals surface area contributed by atoms with Crippen LogP contribution in [-0.4, -0.2) is 23.9 Å². The molecule has 0 bridgehead atoms. The number of hydrogen-bond donors (Lipinski definition) is 1. The van der Waals surface area contributed by atoms with E-state index in [-0.39, 0.29) is 11.8 Å². The molecule has 2 aromatic rings. The fourth-order valence-corrected chi connectivity index (χ4v) is 3.63. The Morgan fingerprint density at radius 2 is 1.79 bits per heavy atom. The van der Waals surface area contributed by atoms with Gasteiger partial charge in [0.1, 0.15) is 0 Å². The van der Waals surface area contributed by atoms with Crippen molar-refractivity contribution in [2.24, 2.45) is 5.92 Å². The summed E-state index contributed by atoms with van der Waals surface area (Å²) in [6, 6.07) is 14.7. The van der Waals surface area contributed by atoms with Crippen molar-refractivity contribution < 1.29 is 4.79 Å². The van der Waals surface area contributed by atoms with E-state index in [1.165, 1.54) is 11.1 Å². The standard InChI is InChI=1S/C21H26N2O/c1-15-11-16(2)20(17(3)12-15)22-21(24)19-9-10-23(14-19)13-18-7-5-4-6-8-18/h4-8,11-12,19H,9-10,13-14H2,1-3H3,(H,22,24). The highest BCUT2D eigenvalue weighted by atomic mass is 16.1. The van der Waals surface area contributed by atoms with Gasteiger partial charge in [-0.3, -0.25) is 9.69 Å². The first kappa shape index (κ1) is 16.7. The first-order valence-electron chi connectivity index (χ1n) is 8.68. The number of rotatable bonds is 4. The zero-order valence-corrected chi connectivity index (χ0v) is 14.8. The molecule has 0 aliphatic carbocycles. The second kappa shape index (κ2) is 7.18. The SMILES string of the molecule is Cc1cc(C)c(NC(=O)C2CCN(Cc3ccccc3)C2)c(C)c1. The fraction of sp³-hybridized carbons (Fsp3) is 0.381. The lowest BCUT2D eigenvalue weighted by molar-refractivity contribution is -0.119. The molecule has 0 saturated carbocycles. The number of nitrogens with zero attached hydrogens (tertiary/aromatic N) is 1. The van der Waals surface area contributed by atoms with Gasteiger partial charge in [0, 0.05) is 18.8 Å². The molecule has 126 valence electrons. The molecule has 1 amide bonds. The van der Waals surface area contributed by atoms with E-state index in [2.05, 4.69) is 67.4 Å². The van der Waals surface area contributed by atoms with Crippen molar-refractivity contribution in [3.05, 3.63) is 64.7 Å². The van der Waals surface area contributed by atoms with E-state index in [0.717, 1.165) is 42.9 Å². The minimum Gasteiger partial charge on any atom is -0.325 e. The quantitative estimate of drug-likeness (QED) is 0.920. The highest BCUT2D eigenvalue weighted by Gasteiger charge is 2.28. The van der Waals surface area contributed by atoms with Gasteiger partial charge in [-0.25, -0.2) is 0 Å². The zero-order valence-electron chi connectivity index (χ0n) is 14.8. The van der Waals surface area contributed by atoms with Gasteiger partial charge >= 0.3 is 0 Å². The van der Waals surface area contributed by atoms with Crippen molar-refractivity contribution in [1.29, 1.82) is 0 Å². The third-order valence-electron chi connectivity index (χ3n) is 4.82. The molecular formula is C21H26N2O. The summed E-state index contributed by atoms with van der Waals surface area (Å²) in [5.41, 5.74) is 5.80. The number of likely N-dealkylation sites (tertiary alicyclic amines) is 1. The van der Waals surface area contributed by atoms with E-state index in [0.29, 0.717) is 0 Å². The van der Waals surface area contributed by atoms with Crippen molar-refractivity contribution in [3.63, 3.8) is 0 Å². The Balaban J connectivity index is 1.61. The van der Waals surface area contributed by atoms with Crippen LogP contribution in [-0.2, 0) is 11.3 Å². The lowest BCUT2D eigenvalue weighted by atomic mass is 10.0. The predicted molar refractivity (Wildman–Crippen MR) is 99.1 cm³/mol. The number of carbonyl (C=O) groups is 1. The molecule has 1 saturated heterocycles. The fourth-order valence-electron chi connectivity index (χ4n) is 3.63. The molecule has 3 nitrogen and oxygen atoms in total. The van der Waals surface area contributed by atoms with Crippen LogP contribution in [0.1, 0.15) is 28.7 Å². The number of anilines is 1. The van der Waals surface area contributed by atoms with Crippen LogP contribution >= 0.6 is 0 Å². The molecular weight excluding hydrogens is 296 g/mol. The van der Waals surface area contributed by atoms with Gasteiger partial charge in [0.25, 0.3) is 0 Å². The molecule has 1 heterocycles. The van der Waals surface area contributed by atoms with Gasteiger partial charge in [-0.05, 0) is 50.4 Å². The van der Waals surface area contributed by atoms with E-state index in [4.69, 9.17) is 0 Å². The third kappa shape index (κ3) is 3.85. The Morgan fingerprint density at radius 3 is 2.46 bits per heavy atom. The lowest BCUT2D eigenvalue weighted by Gasteiger charge is -2.17. The number of nitrogens with one attached hydrogen (secondary N) is 1.